The molecule has 0 radical (unpaired) electrons. The molecule has 0 aromatic carbocycles. The number of rotatable bonds is 12. The van der Waals surface area contributed by atoms with Crippen LogP contribution < -0.4 is 0 Å². The Kier molecular flexibility index (Phi) is 9.41. The van der Waals surface area contributed by atoms with E-state index in [2.05, 4.69) is 127 Å². The molecule has 0 aliphatic carbocycles. The summed E-state index contributed by atoms with van der Waals surface area (Å²) in [4.78, 5) is 0. The van der Waals surface area contributed by atoms with Gasteiger partial charge in [-0.25, -0.2) is 0 Å². The monoisotopic (exact) mass is 504 g/mol. The SMILES string of the molecule is C=C[Si](C)(OC(C)(C)[Si](C)(C)C)C(C)(C)C(C)(C)O[Si](C)(C)C(C)(CC)O[Si](C)(C)C. The van der Waals surface area contributed by atoms with E-state index >= 15 is 0 Å². The lowest BCUT2D eigenvalue weighted by Crippen LogP contribution is -2.67. The zero-order valence-corrected chi connectivity index (χ0v) is 28.2. The van der Waals surface area contributed by atoms with Crippen LogP contribution in [0.3, 0.4) is 0 Å². The second-order valence-corrected chi connectivity index (χ2v) is 32.2. The highest BCUT2D eigenvalue weighted by Gasteiger charge is 2.59. The van der Waals surface area contributed by atoms with Crippen LogP contribution in [-0.4, -0.2) is 49.1 Å². The van der Waals surface area contributed by atoms with Gasteiger partial charge in [-0.05, 0) is 80.3 Å². The second kappa shape index (κ2) is 9.27. The summed E-state index contributed by atoms with van der Waals surface area (Å²) >= 11 is 0. The Morgan fingerprint density at radius 3 is 1.42 bits per heavy atom. The lowest BCUT2D eigenvalue weighted by molar-refractivity contribution is 0.0132. The maximum Gasteiger partial charge on any atom is 0.222 e. The first kappa shape index (κ1) is 31.5. The predicted molar refractivity (Wildman–Crippen MR) is 150 cm³/mol. The Labute approximate surface area is 200 Å². The molecule has 0 spiro atoms. The third kappa shape index (κ3) is 6.76. The fourth-order valence-corrected chi connectivity index (χ4v) is 15.0. The third-order valence-corrected chi connectivity index (χ3v) is 22.4. The van der Waals surface area contributed by atoms with Gasteiger partial charge in [-0.15, -0.1) is 6.58 Å². The molecule has 2 unspecified atom stereocenters. The molecule has 0 aliphatic rings. The van der Waals surface area contributed by atoms with Crippen LogP contribution in [0.15, 0.2) is 12.3 Å². The lowest BCUT2D eigenvalue weighted by Gasteiger charge is -2.57. The zero-order chi connectivity index (χ0) is 25.5. The molecule has 31 heavy (non-hydrogen) atoms. The van der Waals surface area contributed by atoms with Gasteiger partial charge in [-0.2, -0.15) is 0 Å². The van der Waals surface area contributed by atoms with Crippen molar-refractivity contribution < 1.29 is 13.3 Å². The van der Waals surface area contributed by atoms with Gasteiger partial charge in [0.1, 0.15) is 0 Å². The van der Waals surface area contributed by atoms with Crippen LogP contribution in [0.2, 0.25) is 64.0 Å². The van der Waals surface area contributed by atoms with Gasteiger partial charge in [0.2, 0.25) is 16.6 Å². The lowest BCUT2D eigenvalue weighted by atomic mass is 9.94. The van der Waals surface area contributed by atoms with Gasteiger partial charge in [0, 0.05) is 10.3 Å². The van der Waals surface area contributed by atoms with Crippen molar-refractivity contribution >= 4 is 33.0 Å². The summed E-state index contributed by atoms with van der Waals surface area (Å²) in [6, 6.07) is 0. The molecule has 3 nitrogen and oxygen atoms in total. The fourth-order valence-electron chi connectivity index (χ4n) is 3.88. The molecule has 186 valence electrons. The topological polar surface area (TPSA) is 27.7 Å². The number of hydrogen-bond donors (Lipinski definition) is 0. The summed E-state index contributed by atoms with van der Waals surface area (Å²) < 4.78 is 21.1. The predicted octanol–water partition coefficient (Wildman–Crippen LogP) is 8.30. The molecule has 0 amide bonds. The molecule has 7 heteroatoms. The average Bonchev–Trinajstić information content (AvgIpc) is 2.49. The summed E-state index contributed by atoms with van der Waals surface area (Å²) in [6.45, 7) is 43.4. The van der Waals surface area contributed by atoms with Crippen LogP contribution in [-0.2, 0) is 13.3 Å². The van der Waals surface area contributed by atoms with E-state index in [0.29, 0.717) is 0 Å². The highest BCUT2D eigenvalue weighted by atomic mass is 28.4. The molecule has 0 rings (SSSR count). The van der Waals surface area contributed by atoms with E-state index in [1.807, 2.05) is 0 Å². The van der Waals surface area contributed by atoms with Gasteiger partial charge >= 0.3 is 0 Å². The molecule has 0 bridgehead atoms. The summed E-state index contributed by atoms with van der Waals surface area (Å²) in [6.07, 6.45) is 0.961. The Morgan fingerprint density at radius 2 is 1.13 bits per heavy atom. The van der Waals surface area contributed by atoms with Gasteiger partial charge in [0.15, 0.2) is 8.32 Å². The minimum absolute atomic E-state index is 0.138. The van der Waals surface area contributed by atoms with Crippen LogP contribution in [0.4, 0.5) is 0 Å². The number of hydrogen-bond acceptors (Lipinski definition) is 3. The van der Waals surface area contributed by atoms with Crippen LogP contribution in [0.25, 0.3) is 0 Å². The largest absolute Gasteiger partial charge is 0.412 e. The van der Waals surface area contributed by atoms with Crippen molar-refractivity contribution in [2.24, 2.45) is 0 Å². The molecule has 0 aliphatic heterocycles. The molecule has 0 saturated carbocycles. The van der Waals surface area contributed by atoms with Gasteiger partial charge in [-0.3, -0.25) is 0 Å². The molecular weight excluding hydrogens is 449 g/mol. The third-order valence-electron chi connectivity index (χ3n) is 8.40. The van der Waals surface area contributed by atoms with Crippen LogP contribution in [0.5, 0.6) is 0 Å². The van der Waals surface area contributed by atoms with Gasteiger partial charge < -0.3 is 13.3 Å². The van der Waals surface area contributed by atoms with Crippen LogP contribution in [0, 0.1) is 0 Å². The summed E-state index contributed by atoms with van der Waals surface area (Å²) in [5.74, 6) is 0. The molecule has 0 N–H and O–H groups in total. The van der Waals surface area contributed by atoms with E-state index in [1.165, 1.54) is 0 Å². The Balaban J connectivity index is 6.24. The normalized spacial score (nSPS) is 19.0. The molecule has 0 aromatic heterocycles. The van der Waals surface area contributed by atoms with Crippen molar-refractivity contribution in [3.63, 3.8) is 0 Å². The van der Waals surface area contributed by atoms with E-state index in [4.69, 9.17) is 13.3 Å². The average molecular weight is 505 g/mol. The van der Waals surface area contributed by atoms with E-state index in [0.717, 1.165) is 6.42 Å². The van der Waals surface area contributed by atoms with Crippen molar-refractivity contribution in [1.82, 2.24) is 0 Å². The first-order valence-corrected chi connectivity index (χ1v) is 24.3. The van der Waals surface area contributed by atoms with Crippen molar-refractivity contribution in [2.75, 3.05) is 0 Å². The Morgan fingerprint density at radius 1 is 0.710 bits per heavy atom. The van der Waals surface area contributed by atoms with E-state index in [-0.39, 0.29) is 21.1 Å². The summed E-state index contributed by atoms with van der Waals surface area (Å²) in [5.41, 5.74) is 1.75. The first-order chi connectivity index (χ1) is 13.2. The highest BCUT2D eigenvalue weighted by Crippen LogP contribution is 2.53. The Bertz CT molecular complexity index is 630. The quantitative estimate of drug-likeness (QED) is 0.250. The Hall–Kier alpha value is 0.488. The molecule has 0 aromatic rings. The first-order valence-electron chi connectivity index (χ1n) is 12.0. The summed E-state index contributed by atoms with van der Waals surface area (Å²) in [7, 11) is -7.88. The summed E-state index contributed by atoms with van der Waals surface area (Å²) in [5, 5.41) is -0.548. The van der Waals surface area contributed by atoms with Crippen molar-refractivity contribution in [3.8, 4) is 0 Å². The smallest absolute Gasteiger partial charge is 0.222 e. The minimum atomic E-state index is -2.38. The van der Waals surface area contributed by atoms with Crippen molar-refractivity contribution in [1.29, 1.82) is 0 Å². The van der Waals surface area contributed by atoms with Crippen LogP contribution in [0.1, 0.15) is 61.8 Å². The van der Waals surface area contributed by atoms with Crippen molar-refractivity contribution in [3.05, 3.63) is 12.3 Å². The standard InChI is InChI=1S/C24H56O3Si4/c1-19-24(9,27-29(13,14)15)30(16,17)25-21(3,4)22(5,6)31(18,20-2)26-23(7,8)28(10,11)12/h20H,2,19H2,1,3-18H3. The van der Waals surface area contributed by atoms with E-state index in [9.17, 15) is 0 Å². The molecule has 0 fully saturated rings. The van der Waals surface area contributed by atoms with Gasteiger partial charge in [-0.1, -0.05) is 46.1 Å². The van der Waals surface area contributed by atoms with Gasteiger partial charge in [0.25, 0.3) is 0 Å². The molecule has 0 heterocycles. The fraction of sp³-hybridized carbons (Fsp3) is 0.917. The maximum absolute atomic E-state index is 7.19. The maximum atomic E-state index is 7.19. The van der Waals surface area contributed by atoms with E-state index in [1.54, 1.807) is 0 Å². The highest BCUT2D eigenvalue weighted by molar-refractivity contribution is 6.84. The molecular formula is C24H56O3Si4. The van der Waals surface area contributed by atoms with Crippen molar-refractivity contribution in [2.45, 2.75) is 142 Å². The molecule has 2 atom stereocenters. The van der Waals surface area contributed by atoms with Crippen LogP contribution >= 0.6 is 0 Å². The minimum Gasteiger partial charge on any atom is -0.412 e. The van der Waals surface area contributed by atoms with Gasteiger partial charge in [0.05, 0.1) is 18.9 Å². The molecule has 0 saturated heterocycles. The second-order valence-electron chi connectivity index (χ2n) is 13.7. The zero-order valence-electron chi connectivity index (χ0n) is 24.2. The van der Waals surface area contributed by atoms with E-state index < -0.39 is 33.0 Å².